The van der Waals surface area contributed by atoms with Crippen molar-refractivity contribution in [2.75, 3.05) is 5.32 Å². The molecule has 0 unspecified atom stereocenters. The van der Waals surface area contributed by atoms with Crippen molar-refractivity contribution in [1.82, 2.24) is 14.8 Å². The van der Waals surface area contributed by atoms with Gasteiger partial charge in [-0.25, -0.2) is 8.78 Å². The summed E-state index contributed by atoms with van der Waals surface area (Å²) in [6, 6.07) is 7.02. The third kappa shape index (κ3) is 4.16. The van der Waals surface area contributed by atoms with Crippen LogP contribution in [0.3, 0.4) is 0 Å². The Bertz CT molecular complexity index is 1070. The summed E-state index contributed by atoms with van der Waals surface area (Å²) in [5.74, 6) is -1.65. The quantitative estimate of drug-likeness (QED) is 0.625. The van der Waals surface area contributed by atoms with E-state index in [1.54, 1.807) is 29.1 Å². The number of halogens is 2. The second-order valence-corrected chi connectivity index (χ2v) is 6.96. The number of nitrogens with two attached hydrogens (primary N) is 1. The van der Waals surface area contributed by atoms with E-state index < -0.39 is 17.5 Å². The van der Waals surface area contributed by atoms with Crippen molar-refractivity contribution in [1.29, 1.82) is 0 Å². The van der Waals surface area contributed by atoms with Crippen LogP contribution in [0.5, 0.6) is 0 Å². The predicted molar refractivity (Wildman–Crippen MR) is 105 cm³/mol. The minimum atomic E-state index is -0.887. The molecule has 3 aromatic rings. The molecule has 2 aromatic heterocycles. The molecule has 1 aliphatic rings. The molecule has 2 heterocycles. The Kier molecular flexibility index (Phi) is 5.07. The fourth-order valence-corrected chi connectivity index (χ4v) is 3.02. The van der Waals surface area contributed by atoms with E-state index in [4.69, 9.17) is 5.73 Å². The number of benzene rings is 1. The summed E-state index contributed by atoms with van der Waals surface area (Å²) in [6.07, 6.45) is 8.21. The number of hydrogen-bond acceptors (Lipinski definition) is 4. The van der Waals surface area contributed by atoms with Crippen LogP contribution in [0.1, 0.15) is 18.5 Å². The Morgan fingerprint density at radius 3 is 2.79 bits per heavy atom. The molecule has 1 aromatic carbocycles. The highest BCUT2D eigenvalue weighted by Crippen LogP contribution is 2.32. The fraction of sp³-hybridized carbons (Fsp3) is 0.190. The predicted octanol–water partition coefficient (Wildman–Crippen LogP) is 3.57. The van der Waals surface area contributed by atoms with E-state index in [1.165, 1.54) is 31.3 Å². The number of pyridine rings is 1. The van der Waals surface area contributed by atoms with Crippen molar-refractivity contribution in [2.45, 2.75) is 19.4 Å². The van der Waals surface area contributed by atoms with Crippen LogP contribution in [-0.4, -0.2) is 20.7 Å². The molecule has 1 fully saturated rings. The lowest BCUT2D eigenvalue weighted by molar-refractivity contribution is -0.111. The van der Waals surface area contributed by atoms with Crippen molar-refractivity contribution < 1.29 is 13.6 Å². The van der Waals surface area contributed by atoms with Gasteiger partial charge >= 0.3 is 0 Å². The maximum absolute atomic E-state index is 14.4. The maximum Gasteiger partial charge on any atom is 0.259 e. The first-order valence-corrected chi connectivity index (χ1v) is 9.21. The normalized spacial score (nSPS) is 14.1. The third-order valence-corrected chi connectivity index (χ3v) is 4.74. The molecular formula is C21H19F2N5O. The number of rotatable bonds is 6. The maximum atomic E-state index is 14.4. The number of aromatic nitrogens is 3. The molecule has 1 amide bonds. The van der Waals surface area contributed by atoms with E-state index >= 15 is 0 Å². The molecule has 1 saturated carbocycles. The lowest BCUT2D eigenvalue weighted by Gasteiger charge is -2.11. The number of nitrogens with zero attached hydrogens (tertiary/aromatic N) is 3. The average molecular weight is 395 g/mol. The number of carbonyl (C=O) groups excluding carboxylic acids is 1. The Morgan fingerprint density at radius 1 is 1.28 bits per heavy atom. The number of nitrogens with one attached hydrogen (secondary N) is 1. The molecule has 0 spiro atoms. The molecule has 148 valence electrons. The van der Waals surface area contributed by atoms with Crippen LogP contribution in [0.15, 0.2) is 55.1 Å². The van der Waals surface area contributed by atoms with Crippen LogP contribution in [0.25, 0.3) is 16.7 Å². The van der Waals surface area contributed by atoms with E-state index in [0.29, 0.717) is 17.2 Å². The number of hydrogen-bond donors (Lipinski definition) is 2. The first-order chi connectivity index (χ1) is 14.0. The molecule has 0 saturated heterocycles. The largest absolute Gasteiger partial charge is 0.404 e. The second-order valence-electron chi connectivity index (χ2n) is 6.96. The van der Waals surface area contributed by atoms with Gasteiger partial charge in [0.05, 0.1) is 23.2 Å². The minimum Gasteiger partial charge on any atom is -0.404 e. The summed E-state index contributed by atoms with van der Waals surface area (Å²) in [5.41, 5.74) is 6.49. The number of carbonyl (C=O) groups is 1. The van der Waals surface area contributed by atoms with Crippen molar-refractivity contribution in [3.8, 4) is 11.1 Å². The second kappa shape index (κ2) is 7.83. The van der Waals surface area contributed by atoms with E-state index in [1.807, 2.05) is 0 Å². The van der Waals surface area contributed by atoms with Gasteiger partial charge in [0.1, 0.15) is 11.6 Å². The minimum absolute atomic E-state index is 0.0770. The van der Waals surface area contributed by atoms with Gasteiger partial charge in [0.15, 0.2) is 0 Å². The lowest BCUT2D eigenvalue weighted by atomic mass is 10.1. The highest BCUT2D eigenvalue weighted by molar-refractivity contribution is 6.24. The van der Waals surface area contributed by atoms with Crippen LogP contribution in [0.2, 0.25) is 0 Å². The lowest BCUT2D eigenvalue weighted by Crippen LogP contribution is -2.16. The highest BCUT2D eigenvalue weighted by atomic mass is 19.1. The Balaban J connectivity index is 1.60. The molecule has 0 bridgehead atoms. The van der Waals surface area contributed by atoms with E-state index in [9.17, 15) is 13.6 Å². The topological polar surface area (TPSA) is 85.8 Å². The van der Waals surface area contributed by atoms with Gasteiger partial charge in [-0.1, -0.05) is 6.07 Å². The van der Waals surface area contributed by atoms with Gasteiger partial charge in [0.2, 0.25) is 0 Å². The molecular weight excluding hydrogens is 376 g/mol. The smallest absolute Gasteiger partial charge is 0.259 e. The Labute approximate surface area is 166 Å². The molecule has 4 rings (SSSR count). The summed E-state index contributed by atoms with van der Waals surface area (Å²) in [4.78, 5) is 16.7. The fourth-order valence-electron chi connectivity index (χ4n) is 3.02. The van der Waals surface area contributed by atoms with Gasteiger partial charge in [-0.05, 0) is 37.0 Å². The van der Waals surface area contributed by atoms with Crippen LogP contribution < -0.4 is 11.1 Å². The van der Waals surface area contributed by atoms with Gasteiger partial charge in [-0.3, -0.25) is 14.5 Å². The van der Waals surface area contributed by atoms with E-state index in [2.05, 4.69) is 15.4 Å². The number of amides is 1. The zero-order chi connectivity index (χ0) is 20.4. The zero-order valence-electron chi connectivity index (χ0n) is 15.5. The number of anilines is 1. The van der Waals surface area contributed by atoms with Crippen LogP contribution in [0.4, 0.5) is 14.5 Å². The summed E-state index contributed by atoms with van der Waals surface area (Å²) in [6.45, 7) is 0.779. The highest BCUT2D eigenvalue weighted by Gasteiger charge is 2.23. The first kappa shape index (κ1) is 18.8. The SMILES string of the molecule is N/C=C(/C(=O)Nc1cc(-c2cnn(CC3CC3)c2)c(F)cc1F)c1ccccn1. The first-order valence-electron chi connectivity index (χ1n) is 9.21. The summed E-state index contributed by atoms with van der Waals surface area (Å²) >= 11 is 0. The van der Waals surface area contributed by atoms with Crippen LogP contribution in [0, 0.1) is 17.6 Å². The molecule has 0 aliphatic heterocycles. The molecule has 6 nitrogen and oxygen atoms in total. The van der Waals surface area contributed by atoms with E-state index in [-0.39, 0.29) is 16.8 Å². The van der Waals surface area contributed by atoms with E-state index in [0.717, 1.165) is 18.8 Å². The van der Waals surface area contributed by atoms with Crippen LogP contribution in [-0.2, 0) is 11.3 Å². The van der Waals surface area contributed by atoms with Crippen LogP contribution >= 0.6 is 0 Å². The molecule has 1 aliphatic carbocycles. The summed E-state index contributed by atoms with van der Waals surface area (Å²) in [5, 5.41) is 6.69. The van der Waals surface area contributed by atoms with Crippen molar-refractivity contribution in [2.24, 2.45) is 11.7 Å². The third-order valence-electron chi connectivity index (χ3n) is 4.74. The van der Waals surface area contributed by atoms with Gasteiger partial charge in [-0.15, -0.1) is 0 Å². The molecule has 3 N–H and O–H groups in total. The molecule has 29 heavy (non-hydrogen) atoms. The summed E-state index contributed by atoms with van der Waals surface area (Å²) < 4.78 is 30.5. The Morgan fingerprint density at radius 2 is 2.10 bits per heavy atom. The van der Waals surface area contributed by atoms with Gasteiger partial charge in [0, 0.05) is 42.3 Å². The van der Waals surface area contributed by atoms with Crippen molar-refractivity contribution in [3.63, 3.8) is 0 Å². The molecule has 8 heteroatoms. The van der Waals surface area contributed by atoms with Crippen molar-refractivity contribution >= 4 is 17.2 Å². The summed E-state index contributed by atoms with van der Waals surface area (Å²) in [7, 11) is 0. The zero-order valence-corrected chi connectivity index (χ0v) is 15.5. The Hall–Kier alpha value is -3.55. The van der Waals surface area contributed by atoms with Gasteiger partial charge < -0.3 is 11.1 Å². The molecule has 0 radical (unpaired) electrons. The average Bonchev–Trinajstić information content (AvgIpc) is 3.40. The monoisotopic (exact) mass is 395 g/mol. The standard InChI is InChI=1S/C21H19F2N5O/c22-17-8-18(23)20(27-21(29)16(9-24)19-3-1-2-6-25-19)7-15(17)14-10-26-28(12-14)11-13-4-5-13/h1-3,6-10,12-13H,4-5,11,24H2,(H,27,29)/b16-9+. The van der Waals surface area contributed by atoms with Crippen molar-refractivity contribution in [3.05, 3.63) is 72.5 Å². The van der Waals surface area contributed by atoms with Gasteiger partial charge in [0.25, 0.3) is 5.91 Å². The van der Waals surface area contributed by atoms with Gasteiger partial charge in [-0.2, -0.15) is 5.10 Å². The molecule has 0 atom stereocenters.